The van der Waals surface area contributed by atoms with E-state index in [-0.39, 0.29) is 5.56 Å². The zero-order valence-corrected chi connectivity index (χ0v) is 17.7. The van der Waals surface area contributed by atoms with Crippen LogP contribution in [0.3, 0.4) is 0 Å². The Kier molecular flexibility index (Phi) is 4.90. The average molecular weight is 467 g/mol. The molecular formula is C25H16F3NO3S. The van der Waals surface area contributed by atoms with Crippen molar-refractivity contribution in [3.63, 3.8) is 0 Å². The van der Waals surface area contributed by atoms with Gasteiger partial charge in [0.1, 0.15) is 0 Å². The fraction of sp³-hybridized carbons (Fsp3) is 0.0400. The lowest BCUT2D eigenvalue weighted by molar-refractivity contribution is -0.0499. The van der Waals surface area contributed by atoms with Crippen molar-refractivity contribution in [3.8, 4) is 28.1 Å². The molecule has 0 spiro atoms. The molecule has 0 bridgehead atoms. The van der Waals surface area contributed by atoms with Gasteiger partial charge in [-0.2, -0.15) is 21.6 Å². The molecule has 8 heteroatoms. The monoisotopic (exact) mass is 467 g/mol. The van der Waals surface area contributed by atoms with Crippen molar-refractivity contribution < 1.29 is 25.8 Å². The largest absolute Gasteiger partial charge is 0.534 e. The summed E-state index contributed by atoms with van der Waals surface area (Å²) in [5, 5.41) is 2.02. The van der Waals surface area contributed by atoms with Gasteiger partial charge in [0.2, 0.25) is 0 Å². The number of alkyl halides is 3. The van der Waals surface area contributed by atoms with Crippen LogP contribution < -0.4 is 4.18 Å². The van der Waals surface area contributed by atoms with Crippen LogP contribution in [0.5, 0.6) is 5.75 Å². The molecule has 5 aromatic rings. The topological polar surface area (TPSA) is 59.2 Å². The second-order valence-corrected chi connectivity index (χ2v) is 8.97. The van der Waals surface area contributed by atoms with E-state index in [1.807, 2.05) is 54.6 Å². The van der Waals surface area contributed by atoms with Crippen molar-refractivity contribution in [1.29, 1.82) is 0 Å². The van der Waals surface area contributed by atoms with Crippen molar-refractivity contribution in [2.24, 2.45) is 0 Å². The second-order valence-electron chi connectivity index (χ2n) is 7.43. The van der Waals surface area contributed by atoms with Crippen molar-refractivity contribution in [3.05, 3.63) is 91.0 Å². The predicted molar refractivity (Wildman–Crippen MR) is 122 cm³/mol. The van der Waals surface area contributed by atoms with Gasteiger partial charge in [-0.15, -0.1) is 0 Å². The third-order valence-electron chi connectivity index (χ3n) is 5.39. The predicted octanol–water partition coefficient (Wildman–Crippen LogP) is 6.88. The Labute approximate surface area is 187 Å². The molecular weight excluding hydrogens is 451 g/mol. The highest BCUT2D eigenvalue weighted by Gasteiger charge is 2.49. The van der Waals surface area contributed by atoms with E-state index in [2.05, 4.69) is 4.98 Å². The zero-order valence-electron chi connectivity index (χ0n) is 16.9. The summed E-state index contributed by atoms with van der Waals surface area (Å²) in [6.45, 7) is 0. The molecule has 0 aliphatic heterocycles. The summed E-state index contributed by atoms with van der Waals surface area (Å²) in [5.74, 6) is -0.395. The van der Waals surface area contributed by atoms with Crippen molar-refractivity contribution in [1.82, 2.24) is 4.98 Å². The zero-order chi connectivity index (χ0) is 23.2. The van der Waals surface area contributed by atoms with Gasteiger partial charge in [0.25, 0.3) is 0 Å². The first kappa shape index (κ1) is 21.1. The second kappa shape index (κ2) is 7.67. The Morgan fingerprint density at radius 1 is 0.697 bits per heavy atom. The average Bonchev–Trinajstić information content (AvgIpc) is 3.18. The van der Waals surface area contributed by atoms with Crippen LogP contribution in [0.25, 0.3) is 44.1 Å². The van der Waals surface area contributed by atoms with Crippen LogP contribution in [-0.2, 0) is 10.1 Å². The number of hydrogen-bond acceptors (Lipinski definition) is 3. The summed E-state index contributed by atoms with van der Waals surface area (Å²) >= 11 is 0. The summed E-state index contributed by atoms with van der Waals surface area (Å²) in [6, 6.07) is 26.5. The number of hydrogen-bond donors (Lipinski definition) is 1. The van der Waals surface area contributed by atoms with Gasteiger partial charge >= 0.3 is 15.6 Å². The van der Waals surface area contributed by atoms with E-state index < -0.39 is 21.4 Å². The van der Waals surface area contributed by atoms with Crippen LogP contribution >= 0.6 is 0 Å². The number of aromatic amines is 1. The van der Waals surface area contributed by atoms with Crippen LogP contribution in [0.1, 0.15) is 0 Å². The van der Waals surface area contributed by atoms with Gasteiger partial charge in [0.05, 0.1) is 5.69 Å². The van der Waals surface area contributed by atoms with Gasteiger partial charge in [-0.3, -0.25) is 0 Å². The molecule has 0 aliphatic rings. The minimum Gasteiger partial charge on any atom is -0.375 e. The van der Waals surface area contributed by atoms with E-state index in [4.69, 9.17) is 4.18 Å². The number of para-hydroxylation sites is 1. The number of H-pyrrole nitrogens is 1. The molecule has 0 amide bonds. The Morgan fingerprint density at radius 3 is 2.06 bits per heavy atom. The Bertz CT molecular complexity index is 1590. The molecule has 1 aromatic heterocycles. The van der Waals surface area contributed by atoms with Crippen LogP contribution in [-0.4, -0.2) is 18.9 Å². The van der Waals surface area contributed by atoms with Crippen LogP contribution in [0, 0.1) is 0 Å². The van der Waals surface area contributed by atoms with Gasteiger partial charge in [-0.25, -0.2) is 0 Å². The smallest absolute Gasteiger partial charge is 0.375 e. The first-order chi connectivity index (χ1) is 15.8. The molecule has 0 atom stereocenters. The molecule has 0 unspecified atom stereocenters. The molecule has 5 rings (SSSR count). The van der Waals surface area contributed by atoms with Crippen LogP contribution in [0.15, 0.2) is 91.0 Å². The Hall–Kier alpha value is -3.78. The lowest BCUT2D eigenvalue weighted by atomic mass is 9.93. The van der Waals surface area contributed by atoms with E-state index in [9.17, 15) is 21.6 Å². The summed E-state index contributed by atoms with van der Waals surface area (Å²) in [7, 11) is -5.87. The van der Waals surface area contributed by atoms with Gasteiger partial charge in [0.15, 0.2) is 5.75 Å². The van der Waals surface area contributed by atoms with E-state index in [0.29, 0.717) is 16.6 Å². The molecule has 4 aromatic carbocycles. The SMILES string of the molecule is O=S(=O)(Oc1ccc2ccccc2c1-c1c(-c2ccccc2)[nH]c2ccccc12)C(F)(F)F. The maximum atomic E-state index is 13.2. The summed E-state index contributed by atoms with van der Waals surface area (Å²) in [5.41, 5.74) is -2.55. The van der Waals surface area contributed by atoms with E-state index >= 15 is 0 Å². The van der Waals surface area contributed by atoms with Crippen molar-refractivity contribution >= 4 is 31.8 Å². The van der Waals surface area contributed by atoms with Crippen molar-refractivity contribution in [2.45, 2.75) is 5.51 Å². The number of benzene rings is 4. The van der Waals surface area contributed by atoms with Crippen LogP contribution in [0.2, 0.25) is 0 Å². The van der Waals surface area contributed by atoms with Gasteiger partial charge in [-0.1, -0.05) is 78.9 Å². The Balaban J connectivity index is 1.90. The maximum absolute atomic E-state index is 13.2. The molecule has 166 valence electrons. The third kappa shape index (κ3) is 3.62. The van der Waals surface area contributed by atoms with Crippen molar-refractivity contribution in [2.75, 3.05) is 0 Å². The van der Waals surface area contributed by atoms with E-state index in [1.165, 1.54) is 12.1 Å². The minimum atomic E-state index is -5.87. The highest BCUT2D eigenvalue weighted by molar-refractivity contribution is 7.88. The maximum Gasteiger partial charge on any atom is 0.534 e. The summed E-state index contributed by atoms with van der Waals surface area (Å²) in [4.78, 5) is 3.34. The third-order valence-corrected chi connectivity index (χ3v) is 6.36. The molecule has 0 radical (unpaired) electrons. The van der Waals surface area contributed by atoms with Gasteiger partial charge < -0.3 is 9.17 Å². The molecule has 4 nitrogen and oxygen atoms in total. The van der Waals surface area contributed by atoms with E-state index in [0.717, 1.165) is 21.9 Å². The molecule has 1 heterocycles. The quantitative estimate of drug-likeness (QED) is 0.231. The number of fused-ring (bicyclic) bond motifs is 2. The first-order valence-electron chi connectivity index (χ1n) is 9.95. The van der Waals surface area contributed by atoms with Crippen LogP contribution in [0.4, 0.5) is 13.2 Å². The normalized spacial score (nSPS) is 12.3. The fourth-order valence-corrected chi connectivity index (χ4v) is 4.44. The lowest BCUT2D eigenvalue weighted by Crippen LogP contribution is -2.28. The minimum absolute atomic E-state index is 0.261. The highest BCUT2D eigenvalue weighted by atomic mass is 32.2. The molecule has 0 saturated heterocycles. The Morgan fingerprint density at radius 2 is 1.33 bits per heavy atom. The number of rotatable bonds is 4. The lowest BCUT2D eigenvalue weighted by Gasteiger charge is -2.16. The standard InChI is InChI=1S/C25H16F3NO3S/c26-25(27,28)33(30,31)32-21-15-14-16-8-4-5-11-18(16)22(21)23-19-12-6-7-13-20(19)29-24(23)17-9-2-1-3-10-17/h1-15,29H. The number of halogens is 3. The van der Waals surface area contributed by atoms with Gasteiger partial charge in [0, 0.05) is 22.0 Å². The molecule has 0 aliphatic carbocycles. The molecule has 0 saturated carbocycles. The fourth-order valence-electron chi connectivity index (χ4n) is 3.97. The molecule has 33 heavy (non-hydrogen) atoms. The molecule has 1 N–H and O–H groups in total. The number of aromatic nitrogens is 1. The molecule has 0 fully saturated rings. The highest BCUT2D eigenvalue weighted by Crippen LogP contribution is 2.46. The first-order valence-corrected chi connectivity index (χ1v) is 11.4. The van der Waals surface area contributed by atoms with Gasteiger partial charge in [-0.05, 0) is 28.5 Å². The van der Waals surface area contributed by atoms with E-state index in [1.54, 1.807) is 24.3 Å². The summed E-state index contributed by atoms with van der Waals surface area (Å²) in [6.07, 6.45) is 0. The summed E-state index contributed by atoms with van der Waals surface area (Å²) < 4.78 is 68.1. The number of nitrogens with one attached hydrogen (secondary N) is 1.